The number of phosphoric ester groups is 1. The van der Waals surface area contributed by atoms with Crippen LogP contribution >= 0.6 is 7.82 Å². The van der Waals surface area contributed by atoms with E-state index >= 15 is 0 Å². The van der Waals surface area contributed by atoms with Crippen molar-refractivity contribution in [2.45, 2.75) is 129 Å². The first-order chi connectivity index (χ1) is 19.3. The third-order valence-corrected chi connectivity index (χ3v) is 7.04. The van der Waals surface area contributed by atoms with Crippen LogP contribution < -0.4 is 5.73 Å². The maximum absolute atomic E-state index is 12.3. The van der Waals surface area contributed by atoms with E-state index in [1.165, 1.54) is 51.4 Å². The highest BCUT2D eigenvalue weighted by Gasteiger charge is 2.25. The minimum absolute atomic E-state index is 0.0513. The maximum atomic E-state index is 12.3. The highest BCUT2D eigenvalue weighted by molar-refractivity contribution is 7.47. The van der Waals surface area contributed by atoms with Crippen LogP contribution in [0.2, 0.25) is 0 Å². The molecular weight excluding hydrogens is 533 g/mol. The van der Waals surface area contributed by atoms with E-state index in [1.54, 1.807) is 0 Å². The van der Waals surface area contributed by atoms with Crippen molar-refractivity contribution in [2.24, 2.45) is 5.73 Å². The summed E-state index contributed by atoms with van der Waals surface area (Å²) in [6.45, 7) is 3.28. The smallest absolute Gasteiger partial charge is 0.462 e. The number of carbonyl (C=O) groups excluding carboxylic acids is 2. The van der Waals surface area contributed by atoms with Crippen molar-refractivity contribution < 1.29 is 37.6 Å². The van der Waals surface area contributed by atoms with E-state index in [4.69, 9.17) is 19.7 Å². The Kier molecular flexibility index (Phi) is 26.6. The monoisotopic (exact) mass is 589 g/mol. The summed E-state index contributed by atoms with van der Waals surface area (Å²) in [6, 6.07) is 0. The largest absolute Gasteiger partial charge is 0.472 e. The van der Waals surface area contributed by atoms with Gasteiger partial charge in [0, 0.05) is 19.4 Å². The predicted octanol–water partition coefficient (Wildman–Crippen LogP) is 7.32. The molecule has 9 nitrogen and oxygen atoms in total. The lowest BCUT2D eigenvalue weighted by molar-refractivity contribution is -0.161. The number of hydrogen-bond acceptors (Lipinski definition) is 8. The fourth-order valence-corrected chi connectivity index (χ4v) is 4.58. The van der Waals surface area contributed by atoms with Gasteiger partial charge in [-0.15, -0.1) is 0 Å². The molecule has 0 aliphatic rings. The zero-order valence-corrected chi connectivity index (χ0v) is 26.0. The molecule has 3 N–H and O–H groups in total. The quantitative estimate of drug-likeness (QED) is 0.0416. The molecule has 0 aliphatic carbocycles. The number of nitrogens with two attached hydrogens (primary N) is 1. The molecule has 2 atom stereocenters. The van der Waals surface area contributed by atoms with E-state index in [0.717, 1.165) is 32.1 Å². The molecule has 40 heavy (non-hydrogen) atoms. The summed E-state index contributed by atoms with van der Waals surface area (Å²) < 4.78 is 31.9. The third-order valence-electron chi connectivity index (χ3n) is 6.06. The molecular formula is C30H56NO8P. The van der Waals surface area contributed by atoms with E-state index in [-0.39, 0.29) is 32.6 Å². The van der Waals surface area contributed by atoms with Gasteiger partial charge in [0.1, 0.15) is 6.61 Å². The highest BCUT2D eigenvalue weighted by Crippen LogP contribution is 2.43. The first-order valence-corrected chi connectivity index (χ1v) is 16.8. The van der Waals surface area contributed by atoms with Gasteiger partial charge in [-0.1, -0.05) is 89.5 Å². The van der Waals surface area contributed by atoms with Gasteiger partial charge in [-0.2, -0.15) is 0 Å². The Morgan fingerprint density at radius 1 is 0.750 bits per heavy atom. The molecule has 0 radical (unpaired) electrons. The molecule has 0 aromatic heterocycles. The van der Waals surface area contributed by atoms with Crippen LogP contribution in [0.3, 0.4) is 0 Å². The van der Waals surface area contributed by atoms with Crippen LogP contribution in [-0.4, -0.2) is 49.3 Å². The molecule has 0 heterocycles. The number of hydrogen-bond donors (Lipinski definition) is 2. The summed E-state index contributed by atoms with van der Waals surface area (Å²) in [7, 11) is -4.34. The summed E-state index contributed by atoms with van der Waals surface area (Å²) >= 11 is 0. The van der Waals surface area contributed by atoms with Gasteiger partial charge in [0.25, 0.3) is 0 Å². The molecule has 0 rings (SSSR count). The number of phosphoric acid groups is 1. The standard InChI is InChI=1S/C30H56NO8P/c1-3-5-6-7-8-9-10-11-12-13-14-15-16-17-18-19-20-21-23-30(33)39-28(26-36-29(32)22-4-2)27-38-40(34,35)37-25-24-31/h9-10,12-13,28H,3-8,11,14-27,31H2,1-2H3,(H,34,35)/b10-9-,13-12-. The van der Waals surface area contributed by atoms with Crippen LogP contribution in [0.1, 0.15) is 123 Å². The number of allylic oxidation sites excluding steroid dienone is 4. The summed E-state index contributed by atoms with van der Waals surface area (Å²) in [6.07, 6.45) is 25.2. The van der Waals surface area contributed by atoms with Crippen molar-refractivity contribution in [3.63, 3.8) is 0 Å². The molecule has 234 valence electrons. The second-order valence-corrected chi connectivity index (χ2v) is 11.4. The zero-order chi connectivity index (χ0) is 29.7. The molecule has 0 bridgehead atoms. The van der Waals surface area contributed by atoms with Crippen molar-refractivity contribution in [1.82, 2.24) is 0 Å². The number of rotatable bonds is 28. The Balaban J connectivity index is 3.99. The fraction of sp³-hybridized carbons (Fsp3) is 0.800. The molecule has 0 amide bonds. The number of unbranched alkanes of at least 4 members (excludes halogenated alkanes) is 11. The Morgan fingerprint density at radius 2 is 1.35 bits per heavy atom. The Bertz CT molecular complexity index is 728. The average molecular weight is 590 g/mol. The normalized spacial score (nSPS) is 14.0. The second-order valence-electron chi connectivity index (χ2n) is 9.97. The SMILES string of the molecule is CCCCCC/C=C\C/C=C\CCCCCCCCCC(=O)OC(COC(=O)CCC)COP(=O)(O)OCCN. The zero-order valence-electron chi connectivity index (χ0n) is 25.1. The number of esters is 2. The lowest BCUT2D eigenvalue weighted by Gasteiger charge is -2.19. The minimum atomic E-state index is -4.34. The molecule has 0 aromatic carbocycles. The van der Waals surface area contributed by atoms with Gasteiger partial charge in [0.2, 0.25) is 0 Å². The van der Waals surface area contributed by atoms with Gasteiger partial charge in [0.15, 0.2) is 6.10 Å². The van der Waals surface area contributed by atoms with Crippen LogP contribution in [0.4, 0.5) is 0 Å². The second kappa shape index (κ2) is 27.6. The molecule has 0 saturated heterocycles. The van der Waals surface area contributed by atoms with Crippen molar-refractivity contribution >= 4 is 19.8 Å². The molecule has 0 spiro atoms. The Morgan fingerprint density at radius 3 is 1.95 bits per heavy atom. The van der Waals surface area contributed by atoms with Gasteiger partial charge < -0.3 is 20.1 Å². The molecule has 0 fully saturated rings. The summed E-state index contributed by atoms with van der Waals surface area (Å²) in [4.78, 5) is 33.6. The molecule has 2 unspecified atom stereocenters. The van der Waals surface area contributed by atoms with Gasteiger partial charge in [-0.25, -0.2) is 4.57 Å². The van der Waals surface area contributed by atoms with Gasteiger partial charge in [-0.3, -0.25) is 18.6 Å². The van der Waals surface area contributed by atoms with E-state index < -0.39 is 32.5 Å². The summed E-state index contributed by atoms with van der Waals surface area (Å²) in [5.74, 6) is -0.902. The van der Waals surface area contributed by atoms with Crippen molar-refractivity contribution in [2.75, 3.05) is 26.4 Å². The lowest BCUT2D eigenvalue weighted by Crippen LogP contribution is -2.29. The van der Waals surface area contributed by atoms with E-state index in [2.05, 4.69) is 35.8 Å². The van der Waals surface area contributed by atoms with E-state index in [0.29, 0.717) is 12.8 Å². The molecule has 0 saturated carbocycles. The number of ether oxygens (including phenoxy) is 2. The van der Waals surface area contributed by atoms with Crippen molar-refractivity contribution in [1.29, 1.82) is 0 Å². The van der Waals surface area contributed by atoms with E-state index in [9.17, 15) is 19.0 Å². The van der Waals surface area contributed by atoms with Crippen molar-refractivity contribution in [3.8, 4) is 0 Å². The van der Waals surface area contributed by atoms with E-state index in [1.807, 2.05) is 6.92 Å². The fourth-order valence-electron chi connectivity index (χ4n) is 3.82. The highest BCUT2D eigenvalue weighted by atomic mass is 31.2. The minimum Gasteiger partial charge on any atom is -0.462 e. The van der Waals surface area contributed by atoms with Crippen LogP contribution in [0, 0.1) is 0 Å². The third kappa shape index (κ3) is 26.7. The van der Waals surface area contributed by atoms with Gasteiger partial charge >= 0.3 is 19.8 Å². The molecule has 0 aromatic rings. The first kappa shape index (κ1) is 38.5. The Labute approximate surface area is 242 Å². The average Bonchev–Trinajstić information content (AvgIpc) is 2.93. The topological polar surface area (TPSA) is 134 Å². The predicted molar refractivity (Wildman–Crippen MR) is 160 cm³/mol. The first-order valence-electron chi connectivity index (χ1n) is 15.3. The molecule has 10 heteroatoms. The van der Waals surface area contributed by atoms with Crippen LogP contribution in [0.15, 0.2) is 24.3 Å². The lowest BCUT2D eigenvalue weighted by atomic mass is 10.1. The van der Waals surface area contributed by atoms with Crippen molar-refractivity contribution in [3.05, 3.63) is 24.3 Å². The summed E-state index contributed by atoms with van der Waals surface area (Å²) in [5, 5.41) is 0. The summed E-state index contributed by atoms with van der Waals surface area (Å²) in [5.41, 5.74) is 5.26. The van der Waals surface area contributed by atoms with Crippen LogP contribution in [0.5, 0.6) is 0 Å². The number of carbonyl (C=O) groups is 2. The van der Waals surface area contributed by atoms with Crippen LogP contribution in [0.25, 0.3) is 0 Å². The van der Waals surface area contributed by atoms with Gasteiger partial charge in [-0.05, 0) is 44.9 Å². The molecule has 0 aliphatic heterocycles. The Hall–Kier alpha value is -1.51. The van der Waals surface area contributed by atoms with Gasteiger partial charge in [0.05, 0.1) is 13.2 Å². The van der Waals surface area contributed by atoms with Crippen LogP contribution in [-0.2, 0) is 32.7 Å². The maximum Gasteiger partial charge on any atom is 0.472 e.